The first-order chi connectivity index (χ1) is 13.4. The van der Waals surface area contributed by atoms with E-state index in [1.165, 1.54) is 5.57 Å². The van der Waals surface area contributed by atoms with E-state index in [-0.39, 0.29) is 18.0 Å². The van der Waals surface area contributed by atoms with Crippen LogP contribution in [-0.4, -0.2) is 24.3 Å². The summed E-state index contributed by atoms with van der Waals surface area (Å²) in [6.45, 7) is 13.0. The van der Waals surface area contributed by atoms with Crippen LogP contribution < -0.4 is 0 Å². The molecule has 0 radical (unpaired) electrons. The van der Waals surface area contributed by atoms with Crippen LogP contribution in [0.2, 0.25) is 0 Å². The number of allylic oxidation sites excluding steroid dienone is 1. The van der Waals surface area contributed by atoms with Crippen molar-refractivity contribution in [2.24, 2.45) is 17.8 Å². The quantitative estimate of drug-likeness (QED) is 0.392. The number of carbonyl (C=O) groups is 1. The highest BCUT2D eigenvalue weighted by molar-refractivity contribution is 5.72. The summed E-state index contributed by atoms with van der Waals surface area (Å²) in [6.07, 6.45) is 15.4. The Morgan fingerprint density at radius 1 is 1.14 bits per heavy atom. The third-order valence-corrected chi connectivity index (χ3v) is 6.30. The summed E-state index contributed by atoms with van der Waals surface area (Å²) in [5.74, 6) is 1.03. The number of esters is 1. The normalized spacial score (nSPS) is 37.7. The molecule has 3 nitrogen and oxygen atoms in total. The second kappa shape index (κ2) is 11.8. The minimum absolute atomic E-state index is 0.0207. The van der Waals surface area contributed by atoms with Crippen molar-refractivity contribution in [2.45, 2.75) is 110 Å². The maximum atomic E-state index is 12.6. The molecule has 0 aliphatic carbocycles. The standard InChI is InChI=1S/C25H42O3/c1-6-10-22-16-19(3)15-18(2)11-9-13-23-17-21(5)24(27-23)14-8-7-12-20(4)25(26)28-22/h9,11,18,20-24H,3,6-8,10,12-17H2,1-2,4-5H3/b11-9-/t18-,20-,21-,22+,23-,24-/m0/s1. The van der Waals surface area contributed by atoms with Crippen molar-refractivity contribution in [1.82, 2.24) is 0 Å². The van der Waals surface area contributed by atoms with Gasteiger partial charge in [0, 0.05) is 6.42 Å². The van der Waals surface area contributed by atoms with Gasteiger partial charge in [-0.25, -0.2) is 0 Å². The second-order valence-corrected chi connectivity index (χ2v) is 9.34. The fraction of sp³-hybridized carbons (Fsp3) is 0.800. The van der Waals surface area contributed by atoms with Crippen LogP contribution in [0.3, 0.4) is 0 Å². The van der Waals surface area contributed by atoms with Crippen LogP contribution in [0.25, 0.3) is 0 Å². The molecule has 2 aliphatic rings. The maximum absolute atomic E-state index is 12.6. The van der Waals surface area contributed by atoms with Crippen molar-refractivity contribution in [1.29, 1.82) is 0 Å². The Bertz CT molecular complexity index is 524. The summed E-state index contributed by atoms with van der Waals surface area (Å²) in [5.41, 5.74) is 1.18. The number of rotatable bonds is 2. The van der Waals surface area contributed by atoms with Gasteiger partial charge in [0.05, 0.1) is 18.1 Å². The van der Waals surface area contributed by atoms with Crippen LogP contribution in [0, 0.1) is 17.8 Å². The molecule has 2 heterocycles. The summed E-state index contributed by atoms with van der Waals surface area (Å²) in [5, 5.41) is 0. The number of hydrogen-bond donors (Lipinski definition) is 0. The minimum Gasteiger partial charge on any atom is -0.462 e. The molecule has 28 heavy (non-hydrogen) atoms. The summed E-state index contributed by atoms with van der Waals surface area (Å²) in [6, 6.07) is 0. The van der Waals surface area contributed by atoms with Crippen LogP contribution in [0.4, 0.5) is 0 Å². The molecule has 1 fully saturated rings. The van der Waals surface area contributed by atoms with Gasteiger partial charge in [-0.05, 0) is 50.4 Å². The first-order valence-corrected chi connectivity index (χ1v) is 11.6. The zero-order chi connectivity index (χ0) is 20.5. The van der Waals surface area contributed by atoms with Gasteiger partial charge in [0.1, 0.15) is 6.10 Å². The molecule has 1 saturated heterocycles. The largest absolute Gasteiger partial charge is 0.462 e. The lowest BCUT2D eigenvalue weighted by Crippen LogP contribution is -2.23. The molecule has 0 aromatic rings. The fourth-order valence-electron chi connectivity index (χ4n) is 4.62. The molecule has 2 bridgehead atoms. The molecule has 0 amide bonds. The highest BCUT2D eigenvalue weighted by Gasteiger charge is 2.31. The molecule has 3 heteroatoms. The number of ether oxygens (including phenoxy) is 2. The highest BCUT2D eigenvalue weighted by atomic mass is 16.5. The van der Waals surface area contributed by atoms with E-state index < -0.39 is 0 Å². The van der Waals surface area contributed by atoms with Crippen LogP contribution in [0.1, 0.15) is 91.9 Å². The lowest BCUT2D eigenvalue weighted by Gasteiger charge is -2.22. The molecule has 0 unspecified atom stereocenters. The first-order valence-electron chi connectivity index (χ1n) is 11.6. The molecule has 0 aromatic carbocycles. The Kier molecular flexibility index (Phi) is 9.77. The van der Waals surface area contributed by atoms with Gasteiger partial charge < -0.3 is 9.47 Å². The molecular formula is C25H42O3. The maximum Gasteiger partial charge on any atom is 0.308 e. The topological polar surface area (TPSA) is 35.5 Å². The van der Waals surface area contributed by atoms with Crippen molar-refractivity contribution in [3.63, 3.8) is 0 Å². The zero-order valence-electron chi connectivity index (χ0n) is 18.6. The van der Waals surface area contributed by atoms with Gasteiger partial charge in [0.15, 0.2) is 0 Å². The van der Waals surface area contributed by atoms with Gasteiger partial charge in [-0.15, -0.1) is 0 Å². The number of cyclic esters (lactones) is 1. The molecule has 0 N–H and O–H groups in total. The predicted molar refractivity (Wildman–Crippen MR) is 116 cm³/mol. The van der Waals surface area contributed by atoms with Crippen LogP contribution in [-0.2, 0) is 14.3 Å². The molecule has 2 aliphatic heterocycles. The van der Waals surface area contributed by atoms with E-state index in [2.05, 4.69) is 39.5 Å². The fourth-order valence-corrected chi connectivity index (χ4v) is 4.62. The van der Waals surface area contributed by atoms with Crippen LogP contribution >= 0.6 is 0 Å². The third-order valence-electron chi connectivity index (χ3n) is 6.30. The monoisotopic (exact) mass is 390 g/mol. The van der Waals surface area contributed by atoms with Crippen molar-refractivity contribution in [3.05, 3.63) is 24.3 Å². The van der Waals surface area contributed by atoms with Crippen molar-refractivity contribution >= 4 is 5.97 Å². The van der Waals surface area contributed by atoms with Crippen molar-refractivity contribution in [2.75, 3.05) is 0 Å². The highest BCUT2D eigenvalue weighted by Crippen LogP contribution is 2.32. The van der Waals surface area contributed by atoms with Crippen molar-refractivity contribution < 1.29 is 14.3 Å². The van der Waals surface area contributed by atoms with Crippen molar-refractivity contribution in [3.8, 4) is 0 Å². The molecule has 2 rings (SSSR count). The first kappa shape index (κ1) is 23.2. The molecular weight excluding hydrogens is 348 g/mol. The smallest absolute Gasteiger partial charge is 0.308 e. The molecule has 160 valence electrons. The average molecular weight is 391 g/mol. The molecule has 0 aromatic heterocycles. The predicted octanol–water partition coefficient (Wildman–Crippen LogP) is 6.62. The number of fused-ring (bicyclic) bond motifs is 2. The van der Waals surface area contributed by atoms with E-state index in [0.717, 1.165) is 64.2 Å². The van der Waals surface area contributed by atoms with E-state index in [1.54, 1.807) is 0 Å². The second-order valence-electron chi connectivity index (χ2n) is 9.34. The van der Waals surface area contributed by atoms with Gasteiger partial charge >= 0.3 is 5.97 Å². The Morgan fingerprint density at radius 3 is 2.64 bits per heavy atom. The zero-order valence-corrected chi connectivity index (χ0v) is 18.6. The van der Waals surface area contributed by atoms with Gasteiger partial charge in [0.25, 0.3) is 0 Å². The Morgan fingerprint density at radius 2 is 1.89 bits per heavy atom. The van der Waals surface area contributed by atoms with E-state index in [1.807, 2.05) is 6.92 Å². The SMILES string of the molecule is C=C1C[C@@H](CCC)OC(=O)[C@@H](C)CCCC[C@@H]2O[C@@H](C/C=C\[C@H](C)C1)C[C@@H]2C. The summed E-state index contributed by atoms with van der Waals surface area (Å²) < 4.78 is 12.2. The van der Waals surface area contributed by atoms with Crippen LogP contribution in [0.5, 0.6) is 0 Å². The summed E-state index contributed by atoms with van der Waals surface area (Å²) in [4.78, 5) is 12.6. The molecule has 0 spiro atoms. The van der Waals surface area contributed by atoms with Gasteiger partial charge in [-0.1, -0.05) is 71.3 Å². The summed E-state index contributed by atoms with van der Waals surface area (Å²) in [7, 11) is 0. The van der Waals surface area contributed by atoms with E-state index in [9.17, 15) is 4.79 Å². The lowest BCUT2D eigenvalue weighted by molar-refractivity contribution is -0.154. The lowest BCUT2D eigenvalue weighted by atomic mass is 9.95. The minimum atomic E-state index is -0.0362. The Labute approximate surface area is 172 Å². The Balaban J connectivity index is 2.02. The van der Waals surface area contributed by atoms with E-state index in [4.69, 9.17) is 9.47 Å². The number of hydrogen-bond acceptors (Lipinski definition) is 3. The Hall–Kier alpha value is -1.09. The van der Waals surface area contributed by atoms with E-state index >= 15 is 0 Å². The average Bonchev–Trinajstić information content (AvgIpc) is 2.97. The van der Waals surface area contributed by atoms with Gasteiger partial charge in [0.2, 0.25) is 0 Å². The van der Waals surface area contributed by atoms with E-state index in [0.29, 0.717) is 24.0 Å². The van der Waals surface area contributed by atoms with Crippen LogP contribution in [0.15, 0.2) is 24.3 Å². The van der Waals surface area contributed by atoms with Gasteiger partial charge in [-0.2, -0.15) is 0 Å². The van der Waals surface area contributed by atoms with Gasteiger partial charge in [-0.3, -0.25) is 4.79 Å². The summed E-state index contributed by atoms with van der Waals surface area (Å²) >= 11 is 0. The molecule has 6 atom stereocenters. The third kappa shape index (κ3) is 7.73. The molecule has 0 saturated carbocycles. The number of carbonyl (C=O) groups excluding carboxylic acids is 1.